The molecule has 4 atom stereocenters. The molecule has 13 rings (SSSR count). The molecule has 12 heterocycles. The quantitative estimate of drug-likeness (QED) is 0.0314. The van der Waals surface area contributed by atoms with Gasteiger partial charge in [-0.25, -0.2) is 70.3 Å². The fourth-order valence-electron chi connectivity index (χ4n) is 14.0. The molecule has 36 heteroatoms. The number of aromatic nitrogens is 10. The molecule has 3 fully saturated rings. The third-order valence-electron chi connectivity index (χ3n) is 18.9. The Hall–Kier alpha value is -11.2. The molecule has 4 aliphatic heterocycles. The maximum atomic E-state index is 13.4. The van der Waals surface area contributed by atoms with Gasteiger partial charge in [-0.3, -0.25) is 14.4 Å². The lowest BCUT2D eigenvalue weighted by Crippen LogP contribution is -2.41. The minimum atomic E-state index is -4.28. The molecule has 8 aromatic heterocycles. The first-order chi connectivity index (χ1) is 52.9. The summed E-state index contributed by atoms with van der Waals surface area (Å²) in [6.07, 6.45) is 10.5. The highest BCUT2D eigenvalue weighted by Crippen LogP contribution is 2.42. The van der Waals surface area contributed by atoms with Gasteiger partial charge >= 0.3 is 0 Å². The third kappa shape index (κ3) is 19.2. The van der Waals surface area contributed by atoms with E-state index in [-0.39, 0.29) is 72.3 Å². The number of carbonyl (C=O) groups excluding carboxylic acids is 3. The van der Waals surface area contributed by atoms with Gasteiger partial charge in [0.05, 0.1) is 29.9 Å². The number of hydrogen-bond donors (Lipinski definition) is 7. The zero-order valence-electron chi connectivity index (χ0n) is 64.4. The number of sulfonamides is 3. The SMILES string of the molecule is CC(C)COc1ccn(-c2ccc(C(=O)NS(=O)(=O)c3cccnc3N)c(N3C[C@@H](C)CC3(C)C)n2)n1.CC(CO)COc1ccn(-c2ccc(C(=O)NS(=O)(=O)c3cccnc3N)c(N3C[C@@H](C)CC3(C)C)n2)n1.CC1CN(c2ncccc2C(=O)NS(=O)(=O)c2cccc(Nc3ccc4c(c3)OCCO4)n2)C(C)(C)C1. The fourth-order valence-corrected chi connectivity index (χ4v) is 17.0. The molecule has 0 bridgehead atoms. The average Bonchev–Trinajstić information content (AvgIpc) is 1.59. The summed E-state index contributed by atoms with van der Waals surface area (Å²) in [4.78, 5) is 71.3. The monoisotopic (exact) mass is 1590 g/mol. The molecular formula is C76H95N19O14S3. The normalized spacial score (nSPS) is 17.8. The standard InChI is InChI=1S/C26H29N5O5S.C25H33N7O5S.C25H33N7O4S/c1-17-15-26(2,3)31(16-17)24-19(6-5-11-27-24)25(32)30-37(33,34)23-8-4-7-22(29-23)28-18-9-10-20-21(14-18)36-13-12-35-20;1-16-12-25(3,4)31(13-16)23-18(24(34)30-38(35,36)19-6-5-10-27-22(19)26)7-8-20(28-23)32-11-9-21(29-32)37-15-17(2)14-33;1-16(2)15-36-21-10-12-32(29-21)20-9-8-18(23(28-20)31-14-17(3)13-25(31,4)5)24(33)30-37(34,35)19-7-6-11-27-22(19)26/h4-11,14,17H,12-13,15-16H2,1-3H3,(H,28,29)(H,30,32);5-11,16-17,33H,12-15H2,1-4H3,(H2,26,27)(H,30,34);6-12,16-17H,13-15H2,1-5H3,(H2,26,27)(H,30,33)/t;16-,17?;17-/m.00/s1. The lowest BCUT2D eigenvalue weighted by atomic mass is 9.97. The summed E-state index contributed by atoms with van der Waals surface area (Å²) in [7, 11) is -12.8. The van der Waals surface area contributed by atoms with Gasteiger partial charge in [0.2, 0.25) is 11.8 Å². The Kier molecular flexibility index (Phi) is 24.4. The van der Waals surface area contributed by atoms with E-state index in [1.807, 2.05) is 16.7 Å². The molecule has 3 saturated heterocycles. The van der Waals surface area contributed by atoms with E-state index in [1.165, 1.54) is 53.5 Å². The smallest absolute Gasteiger partial charge is 0.281 e. The van der Waals surface area contributed by atoms with Crippen LogP contribution in [-0.2, 0) is 30.1 Å². The van der Waals surface area contributed by atoms with Crippen LogP contribution in [0.5, 0.6) is 23.3 Å². The van der Waals surface area contributed by atoms with Gasteiger partial charge in [0.15, 0.2) is 28.2 Å². The molecule has 0 saturated carbocycles. The Bertz CT molecular complexity index is 5290. The van der Waals surface area contributed by atoms with Crippen LogP contribution in [0.2, 0.25) is 0 Å². The van der Waals surface area contributed by atoms with Crippen LogP contribution >= 0.6 is 0 Å². The highest BCUT2D eigenvalue weighted by Gasteiger charge is 2.43. The van der Waals surface area contributed by atoms with Crippen LogP contribution in [0.15, 0.2) is 155 Å². The number of nitrogens with two attached hydrogens (primary N) is 2. The van der Waals surface area contributed by atoms with E-state index in [2.05, 4.69) is 131 Å². The summed E-state index contributed by atoms with van der Waals surface area (Å²) in [6.45, 7) is 28.6. The lowest BCUT2D eigenvalue weighted by Gasteiger charge is -2.34. The summed E-state index contributed by atoms with van der Waals surface area (Å²) >= 11 is 0. The van der Waals surface area contributed by atoms with Crippen LogP contribution in [0.1, 0.15) is 133 Å². The number of hydrogen-bond acceptors (Lipinski definition) is 28. The highest BCUT2D eigenvalue weighted by molar-refractivity contribution is 7.90. The number of carbonyl (C=O) groups is 3. The summed E-state index contributed by atoms with van der Waals surface area (Å²) in [5.41, 5.74) is 11.7. The number of ether oxygens (including phenoxy) is 4. The molecule has 1 aromatic carbocycles. The number of nitrogens with one attached hydrogen (secondary N) is 4. The van der Waals surface area contributed by atoms with E-state index >= 15 is 0 Å². The number of anilines is 7. The van der Waals surface area contributed by atoms with Crippen molar-refractivity contribution in [1.29, 1.82) is 0 Å². The zero-order chi connectivity index (χ0) is 80.8. The Morgan fingerprint density at radius 3 is 1.45 bits per heavy atom. The molecule has 33 nitrogen and oxygen atoms in total. The third-order valence-corrected chi connectivity index (χ3v) is 22.9. The van der Waals surface area contributed by atoms with Gasteiger partial charge in [0.25, 0.3) is 47.8 Å². The second-order valence-corrected chi connectivity index (χ2v) is 35.5. The van der Waals surface area contributed by atoms with Crippen LogP contribution in [0, 0.1) is 29.6 Å². The number of aliphatic hydroxyl groups is 1. The number of amides is 3. The van der Waals surface area contributed by atoms with Crippen LogP contribution in [0.25, 0.3) is 11.6 Å². The van der Waals surface area contributed by atoms with Crippen LogP contribution in [0.3, 0.4) is 0 Å². The summed E-state index contributed by atoms with van der Waals surface area (Å²) in [5, 5.41) is 20.8. The molecule has 0 radical (unpaired) electrons. The number of nitrogens with zero attached hydrogens (tertiary/aromatic N) is 13. The Morgan fingerprint density at radius 1 is 0.536 bits per heavy atom. The van der Waals surface area contributed by atoms with Gasteiger partial charge < -0.3 is 55.5 Å². The first-order valence-corrected chi connectivity index (χ1v) is 40.9. The minimum Gasteiger partial charge on any atom is -0.486 e. The summed E-state index contributed by atoms with van der Waals surface area (Å²) in [6, 6.07) is 28.2. The van der Waals surface area contributed by atoms with Gasteiger partial charge in [-0.1, -0.05) is 47.6 Å². The van der Waals surface area contributed by atoms with Crippen molar-refractivity contribution in [3.05, 3.63) is 157 Å². The maximum absolute atomic E-state index is 13.4. The molecule has 112 heavy (non-hydrogen) atoms. The second-order valence-electron chi connectivity index (χ2n) is 30.6. The molecule has 0 aliphatic carbocycles. The second kappa shape index (κ2) is 33.4. The van der Waals surface area contributed by atoms with E-state index < -0.39 is 47.8 Å². The van der Waals surface area contributed by atoms with Crippen LogP contribution < -0.4 is 64.6 Å². The van der Waals surface area contributed by atoms with Crippen molar-refractivity contribution in [1.82, 2.24) is 63.6 Å². The van der Waals surface area contributed by atoms with Crippen molar-refractivity contribution in [3.8, 4) is 34.9 Å². The van der Waals surface area contributed by atoms with E-state index in [4.69, 9.17) is 40.4 Å². The number of benzene rings is 1. The van der Waals surface area contributed by atoms with Crippen molar-refractivity contribution in [3.63, 3.8) is 0 Å². The number of nitrogen functional groups attached to an aromatic ring is 2. The maximum Gasteiger partial charge on any atom is 0.281 e. The van der Waals surface area contributed by atoms with Crippen molar-refractivity contribution < 1.29 is 63.7 Å². The molecule has 9 aromatic rings. The first kappa shape index (κ1) is 81.7. The van der Waals surface area contributed by atoms with Crippen LogP contribution in [0.4, 0.5) is 40.6 Å². The Balaban J connectivity index is 0.000000166. The Morgan fingerprint density at radius 2 is 0.982 bits per heavy atom. The van der Waals surface area contributed by atoms with Gasteiger partial charge in [-0.2, -0.15) is 8.42 Å². The summed E-state index contributed by atoms with van der Waals surface area (Å²) < 4.78 is 110. The predicted molar refractivity (Wildman–Crippen MR) is 421 cm³/mol. The van der Waals surface area contributed by atoms with E-state index in [1.54, 1.807) is 96.1 Å². The average molecular weight is 1590 g/mol. The van der Waals surface area contributed by atoms with Crippen molar-refractivity contribution in [2.45, 2.75) is 134 Å². The van der Waals surface area contributed by atoms with Crippen molar-refractivity contribution in [2.24, 2.45) is 29.6 Å². The Labute approximate surface area is 651 Å². The molecular weight excluding hydrogens is 1500 g/mol. The van der Waals surface area contributed by atoms with Crippen molar-refractivity contribution in [2.75, 3.05) is 84.2 Å². The molecule has 596 valence electrons. The van der Waals surface area contributed by atoms with Crippen molar-refractivity contribution >= 4 is 88.4 Å². The van der Waals surface area contributed by atoms with Crippen LogP contribution in [-0.4, -0.2) is 167 Å². The van der Waals surface area contributed by atoms with Gasteiger partial charge in [-0.05, 0) is 169 Å². The molecule has 2 unspecified atom stereocenters. The number of fused-ring (bicyclic) bond motifs is 1. The molecule has 9 N–H and O–H groups in total. The topological polar surface area (TPSA) is 434 Å². The fraction of sp³-hybridized carbons (Fsp3) is 0.408. The number of rotatable bonds is 23. The van der Waals surface area contributed by atoms with E-state index in [0.717, 1.165) is 25.8 Å². The molecule has 0 spiro atoms. The highest BCUT2D eigenvalue weighted by atomic mass is 32.2. The summed E-state index contributed by atoms with van der Waals surface area (Å²) in [5.74, 6) is 3.07. The van der Waals surface area contributed by atoms with Gasteiger partial charge in [-0.15, -0.1) is 10.2 Å². The largest absolute Gasteiger partial charge is 0.486 e. The van der Waals surface area contributed by atoms with E-state index in [0.29, 0.717) is 127 Å². The van der Waals surface area contributed by atoms with E-state index in [9.17, 15) is 44.7 Å². The first-order valence-electron chi connectivity index (χ1n) is 36.5. The minimum absolute atomic E-state index is 0.00227. The zero-order valence-corrected chi connectivity index (χ0v) is 66.8. The molecule has 4 aliphatic rings. The van der Waals surface area contributed by atoms with Gasteiger partial charge in [0, 0.05) is 104 Å². The predicted octanol–water partition coefficient (Wildman–Crippen LogP) is 8.75. The lowest BCUT2D eigenvalue weighted by molar-refractivity contribution is 0.0972. The number of aliphatic hydroxyl groups excluding tert-OH is 1. The molecule has 3 amide bonds. The number of pyridine rings is 6. The van der Waals surface area contributed by atoms with Gasteiger partial charge in [0.1, 0.15) is 57.9 Å².